The van der Waals surface area contributed by atoms with Crippen molar-refractivity contribution in [1.82, 2.24) is 0 Å². The van der Waals surface area contributed by atoms with E-state index in [0.29, 0.717) is 0 Å². The van der Waals surface area contributed by atoms with E-state index in [-0.39, 0.29) is 0 Å². The van der Waals surface area contributed by atoms with Gasteiger partial charge in [0.2, 0.25) is 22.7 Å². The molecule has 0 bridgehead atoms. The highest BCUT2D eigenvalue weighted by molar-refractivity contribution is 5.62. The molecule has 0 aliphatic carbocycles. The van der Waals surface area contributed by atoms with Gasteiger partial charge in [-0.15, -0.1) is 0 Å². The van der Waals surface area contributed by atoms with Crippen molar-refractivity contribution in [2.24, 2.45) is 0 Å². The molecule has 5 aromatic carbocycles. The fraction of sp³-hybridized carbons (Fsp3) is 0.0385. The van der Waals surface area contributed by atoms with Gasteiger partial charge >= 0.3 is 0 Å². The molecule has 0 amide bonds. The molecule has 0 aliphatic rings. The largest absolute Gasteiger partial charge is 0.497 e. The third-order valence-electron chi connectivity index (χ3n) is 10.3. The topological polar surface area (TPSA) is 52.4 Å². The first-order valence-corrected chi connectivity index (χ1v) is 19.6. The zero-order valence-corrected chi connectivity index (χ0v) is 33.2. The van der Waals surface area contributed by atoms with Gasteiger partial charge < -0.3 is 18.9 Å². The van der Waals surface area contributed by atoms with Crippen LogP contribution in [-0.2, 0) is 0 Å². The van der Waals surface area contributed by atoms with Crippen LogP contribution in [0, 0.1) is 0 Å². The van der Waals surface area contributed by atoms with Gasteiger partial charge in [0.25, 0.3) is 0 Å². The minimum Gasteiger partial charge on any atom is -0.497 e. The lowest BCUT2D eigenvalue weighted by atomic mass is 10.1. The van der Waals surface area contributed by atoms with E-state index in [0.717, 1.165) is 79.5 Å². The number of pyridine rings is 4. The lowest BCUT2D eigenvalue weighted by molar-refractivity contribution is -0.596. The summed E-state index contributed by atoms with van der Waals surface area (Å²) in [6.45, 7) is 0. The van der Waals surface area contributed by atoms with Crippen LogP contribution in [-0.4, -0.2) is 14.2 Å². The summed E-state index contributed by atoms with van der Waals surface area (Å²) in [5.74, 6) is 4.62. The standard InChI is InChI=1S/C52H42N4O4/c1-57-51-7-3-5-45(37-51)55-33-25-41(26-34-55)39-21-29-53(30-22-39)43-9-13-47(14-10-43)59-49-17-19-50(20-18-49)60-48-15-11-44(12-16-48)54-31-23-40(24-32-54)42-27-35-56(36-28-42)46-6-4-8-52(38-46)58-2/h3-38H,1-2H3/q+4. The molecule has 0 atom stereocenters. The number of rotatable bonds is 12. The molecular formula is C52H42N4O4+4. The molecule has 8 nitrogen and oxygen atoms in total. The molecule has 4 aromatic heterocycles. The van der Waals surface area contributed by atoms with Crippen LogP contribution in [0.5, 0.6) is 34.5 Å². The molecule has 4 heterocycles. The third-order valence-corrected chi connectivity index (χ3v) is 10.3. The lowest BCUT2D eigenvalue weighted by Crippen LogP contribution is -2.29. The first-order valence-electron chi connectivity index (χ1n) is 19.6. The molecule has 9 aromatic rings. The zero-order chi connectivity index (χ0) is 40.7. The van der Waals surface area contributed by atoms with Crippen LogP contribution < -0.4 is 37.2 Å². The van der Waals surface area contributed by atoms with Gasteiger partial charge in [-0.05, 0) is 82.9 Å². The van der Waals surface area contributed by atoms with Crippen molar-refractivity contribution >= 4 is 0 Å². The fourth-order valence-electron chi connectivity index (χ4n) is 6.93. The SMILES string of the molecule is COc1cccc(-[n+]2ccc(-c3cc[n+](-c4ccc(Oc5ccc(Oc6ccc(-[n+]7ccc(-c8cc[n+](-c9cccc(OC)c9)cc8)cc7)cc6)cc5)cc4)cc3)cc2)c1. The minimum absolute atomic E-state index is 0.726. The average molecular weight is 787 g/mol. The van der Waals surface area contributed by atoms with Crippen molar-refractivity contribution in [3.8, 4) is 79.5 Å². The number of aromatic nitrogens is 4. The van der Waals surface area contributed by atoms with Crippen LogP contribution in [0.15, 0.2) is 219 Å². The second-order valence-corrected chi connectivity index (χ2v) is 14.0. The van der Waals surface area contributed by atoms with Crippen LogP contribution in [0.25, 0.3) is 45.0 Å². The Kier molecular flexibility index (Phi) is 10.7. The Morgan fingerprint density at radius 1 is 0.267 bits per heavy atom. The number of benzene rings is 5. The highest BCUT2D eigenvalue weighted by Crippen LogP contribution is 2.28. The maximum absolute atomic E-state index is 6.16. The number of methoxy groups -OCH3 is 2. The summed E-state index contributed by atoms with van der Waals surface area (Å²) < 4.78 is 31.4. The Balaban J connectivity index is 0.772. The molecule has 0 saturated carbocycles. The first-order chi connectivity index (χ1) is 29.6. The van der Waals surface area contributed by atoms with Crippen molar-refractivity contribution in [2.45, 2.75) is 0 Å². The Hall–Kier alpha value is -8.10. The molecule has 8 heteroatoms. The number of hydrogen-bond acceptors (Lipinski definition) is 4. The van der Waals surface area contributed by atoms with Crippen LogP contribution in [0.3, 0.4) is 0 Å². The van der Waals surface area contributed by atoms with E-state index in [2.05, 4.69) is 129 Å². The quantitative estimate of drug-likeness (QED) is 0.116. The van der Waals surface area contributed by atoms with Crippen LogP contribution >= 0.6 is 0 Å². The number of hydrogen-bond donors (Lipinski definition) is 0. The summed E-state index contributed by atoms with van der Waals surface area (Å²) in [5.41, 5.74) is 8.72. The Morgan fingerprint density at radius 2 is 0.533 bits per heavy atom. The smallest absolute Gasteiger partial charge is 0.214 e. The normalized spacial score (nSPS) is 10.8. The second kappa shape index (κ2) is 17.2. The van der Waals surface area contributed by atoms with Gasteiger partial charge in [0, 0.05) is 84.9 Å². The highest BCUT2D eigenvalue weighted by Gasteiger charge is 2.13. The molecular weight excluding hydrogens is 745 g/mol. The Morgan fingerprint density at radius 3 is 0.817 bits per heavy atom. The van der Waals surface area contributed by atoms with E-state index in [1.165, 1.54) is 0 Å². The minimum atomic E-state index is 0.726. The van der Waals surface area contributed by atoms with E-state index in [1.54, 1.807) is 14.2 Å². The van der Waals surface area contributed by atoms with Crippen molar-refractivity contribution in [1.29, 1.82) is 0 Å². The van der Waals surface area contributed by atoms with E-state index in [1.807, 2.05) is 109 Å². The monoisotopic (exact) mass is 786 g/mol. The van der Waals surface area contributed by atoms with Crippen molar-refractivity contribution < 1.29 is 37.2 Å². The fourth-order valence-corrected chi connectivity index (χ4v) is 6.93. The van der Waals surface area contributed by atoms with Gasteiger partial charge in [0.15, 0.2) is 49.6 Å². The van der Waals surface area contributed by atoms with E-state index in [4.69, 9.17) is 18.9 Å². The average Bonchev–Trinajstić information content (AvgIpc) is 3.33. The molecule has 290 valence electrons. The maximum Gasteiger partial charge on any atom is 0.214 e. The summed E-state index contributed by atoms with van der Waals surface area (Å²) in [7, 11) is 3.36. The van der Waals surface area contributed by atoms with Crippen LogP contribution in [0.4, 0.5) is 0 Å². The zero-order valence-electron chi connectivity index (χ0n) is 33.2. The van der Waals surface area contributed by atoms with E-state index < -0.39 is 0 Å². The van der Waals surface area contributed by atoms with Crippen molar-refractivity contribution in [3.63, 3.8) is 0 Å². The summed E-state index contributed by atoms with van der Waals surface area (Å²) >= 11 is 0. The van der Waals surface area contributed by atoms with Gasteiger partial charge in [-0.25, -0.2) is 0 Å². The molecule has 0 aliphatic heterocycles. The molecule has 0 spiro atoms. The van der Waals surface area contributed by atoms with Gasteiger partial charge in [0.05, 0.1) is 26.4 Å². The number of nitrogens with zero attached hydrogens (tertiary/aromatic N) is 4. The summed E-state index contributed by atoms with van der Waals surface area (Å²) in [6.07, 6.45) is 16.5. The van der Waals surface area contributed by atoms with E-state index in [9.17, 15) is 0 Å². The highest BCUT2D eigenvalue weighted by atomic mass is 16.5. The summed E-state index contributed by atoms with van der Waals surface area (Å²) in [4.78, 5) is 0. The maximum atomic E-state index is 6.16. The Labute approximate surface area is 349 Å². The molecule has 0 radical (unpaired) electrons. The molecule has 0 unspecified atom stereocenters. The van der Waals surface area contributed by atoms with Gasteiger partial charge in [-0.3, -0.25) is 0 Å². The third kappa shape index (κ3) is 8.58. The summed E-state index contributed by atoms with van der Waals surface area (Å²) in [6, 6.07) is 56.7. The van der Waals surface area contributed by atoms with Gasteiger partial charge in [-0.2, -0.15) is 18.3 Å². The van der Waals surface area contributed by atoms with Gasteiger partial charge in [-0.1, -0.05) is 12.1 Å². The summed E-state index contributed by atoms with van der Waals surface area (Å²) in [5, 5.41) is 0. The predicted molar refractivity (Wildman–Crippen MR) is 230 cm³/mol. The van der Waals surface area contributed by atoms with Gasteiger partial charge in [0.1, 0.15) is 34.5 Å². The molecule has 60 heavy (non-hydrogen) atoms. The number of ether oxygens (including phenoxy) is 4. The van der Waals surface area contributed by atoms with Crippen molar-refractivity contribution in [3.05, 3.63) is 219 Å². The van der Waals surface area contributed by atoms with Crippen molar-refractivity contribution in [2.75, 3.05) is 14.2 Å². The Bertz CT molecular complexity index is 2630. The molecule has 0 N–H and O–H groups in total. The second-order valence-electron chi connectivity index (χ2n) is 14.0. The van der Waals surface area contributed by atoms with Crippen LogP contribution in [0.2, 0.25) is 0 Å². The molecule has 0 fully saturated rings. The molecule has 9 rings (SSSR count). The van der Waals surface area contributed by atoms with E-state index >= 15 is 0 Å². The molecule has 0 saturated heterocycles. The lowest BCUT2D eigenvalue weighted by Gasteiger charge is -2.09. The van der Waals surface area contributed by atoms with Crippen LogP contribution in [0.1, 0.15) is 0 Å². The predicted octanol–water partition coefficient (Wildman–Crippen LogP) is 9.73. The first kappa shape index (κ1) is 37.5.